The molecule has 0 saturated heterocycles. The van der Waals surface area contributed by atoms with Crippen LogP contribution in [0.3, 0.4) is 0 Å². The van der Waals surface area contributed by atoms with Gasteiger partial charge in [-0.2, -0.15) is 26.3 Å². The van der Waals surface area contributed by atoms with Gasteiger partial charge in [-0.3, -0.25) is 4.79 Å². The van der Waals surface area contributed by atoms with Crippen LogP contribution in [0.5, 0.6) is 0 Å². The lowest BCUT2D eigenvalue weighted by Gasteiger charge is -2.25. The number of hydrogen-bond acceptors (Lipinski definition) is 3. The van der Waals surface area contributed by atoms with Gasteiger partial charge in [0.25, 0.3) is 0 Å². The number of ether oxygens (including phenoxy) is 1. The van der Waals surface area contributed by atoms with E-state index in [-0.39, 0.29) is 6.04 Å². The van der Waals surface area contributed by atoms with Gasteiger partial charge in [0.15, 0.2) is 0 Å². The Bertz CT molecular complexity index is 288. The molecule has 0 aromatic heterocycles. The molecule has 0 aromatic carbocycles. The lowest BCUT2D eigenvalue weighted by molar-refractivity contribution is -0.322. The minimum Gasteiger partial charge on any atom is -0.368 e. The molecule has 0 spiro atoms. The topological polar surface area (TPSA) is 64.3 Å². The SMILES string of the molecule is CC(C)NC(COC(C(F)(F)F)C(F)(F)F)C(N)=O. The van der Waals surface area contributed by atoms with E-state index in [0.29, 0.717) is 0 Å². The molecule has 1 amide bonds. The van der Waals surface area contributed by atoms with E-state index >= 15 is 0 Å². The molecule has 0 aliphatic carbocycles. The van der Waals surface area contributed by atoms with Gasteiger partial charge >= 0.3 is 12.4 Å². The second kappa shape index (κ2) is 6.42. The van der Waals surface area contributed by atoms with Crippen molar-refractivity contribution in [1.82, 2.24) is 5.32 Å². The molecule has 3 N–H and O–H groups in total. The second-order valence-electron chi connectivity index (χ2n) is 4.07. The quantitative estimate of drug-likeness (QED) is 0.727. The molecular weight excluding hydrogens is 282 g/mol. The third kappa shape index (κ3) is 6.62. The fourth-order valence-corrected chi connectivity index (χ4v) is 1.18. The molecule has 0 fully saturated rings. The highest BCUT2D eigenvalue weighted by Gasteiger charge is 2.58. The number of rotatable bonds is 6. The van der Waals surface area contributed by atoms with Gasteiger partial charge in [0.05, 0.1) is 6.61 Å². The normalized spacial score (nSPS) is 15.1. The van der Waals surface area contributed by atoms with Gasteiger partial charge in [-0.25, -0.2) is 0 Å². The smallest absolute Gasteiger partial charge is 0.368 e. The lowest BCUT2D eigenvalue weighted by Crippen LogP contribution is -2.51. The van der Waals surface area contributed by atoms with Gasteiger partial charge in [0, 0.05) is 6.04 Å². The van der Waals surface area contributed by atoms with Crippen molar-refractivity contribution in [3.63, 3.8) is 0 Å². The summed E-state index contributed by atoms with van der Waals surface area (Å²) in [5, 5.41) is 2.40. The van der Waals surface area contributed by atoms with Crippen LogP contribution in [0, 0.1) is 0 Å². The van der Waals surface area contributed by atoms with E-state index in [0.717, 1.165) is 0 Å². The number of primary amides is 1. The fourth-order valence-electron chi connectivity index (χ4n) is 1.18. The van der Waals surface area contributed by atoms with Crippen molar-refractivity contribution in [2.45, 2.75) is 44.4 Å². The molecule has 0 aliphatic rings. The summed E-state index contributed by atoms with van der Waals surface area (Å²) in [4.78, 5) is 10.9. The lowest BCUT2D eigenvalue weighted by atomic mass is 10.2. The Morgan fingerprint density at radius 1 is 1.16 bits per heavy atom. The summed E-state index contributed by atoms with van der Waals surface area (Å²) >= 11 is 0. The van der Waals surface area contributed by atoms with Gasteiger partial charge < -0.3 is 15.8 Å². The van der Waals surface area contributed by atoms with Crippen molar-refractivity contribution in [2.24, 2.45) is 5.73 Å². The molecule has 1 atom stereocenters. The highest BCUT2D eigenvalue weighted by molar-refractivity contribution is 5.80. The molecule has 0 rings (SSSR count). The summed E-state index contributed by atoms with van der Waals surface area (Å²) < 4.78 is 76.7. The minimum atomic E-state index is -5.61. The van der Waals surface area contributed by atoms with E-state index < -0.39 is 37.0 Å². The average Bonchev–Trinajstić information content (AvgIpc) is 2.10. The Kier molecular flexibility index (Phi) is 6.07. The number of carbonyl (C=O) groups excluding carboxylic acids is 1. The third-order valence-corrected chi connectivity index (χ3v) is 1.90. The summed E-state index contributed by atoms with van der Waals surface area (Å²) in [6.45, 7) is 1.96. The maximum absolute atomic E-state index is 12.1. The molecular formula is C9H14F6N2O2. The van der Waals surface area contributed by atoms with Gasteiger partial charge in [0.2, 0.25) is 12.0 Å². The molecule has 10 heteroatoms. The maximum atomic E-state index is 12.1. The van der Waals surface area contributed by atoms with E-state index in [1.807, 2.05) is 0 Å². The van der Waals surface area contributed by atoms with Gasteiger partial charge in [-0.15, -0.1) is 0 Å². The first kappa shape index (κ1) is 18.0. The van der Waals surface area contributed by atoms with E-state index in [4.69, 9.17) is 5.73 Å². The van der Waals surface area contributed by atoms with Crippen molar-refractivity contribution in [3.8, 4) is 0 Å². The molecule has 1 unspecified atom stereocenters. The minimum absolute atomic E-state index is 0.365. The van der Waals surface area contributed by atoms with Crippen LogP contribution in [0.1, 0.15) is 13.8 Å². The largest absolute Gasteiger partial charge is 0.423 e. The Morgan fingerprint density at radius 2 is 1.58 bits per heavy atom. The molecule has 0 heterocycles. The predicted octanol–water partition coefficient (Wildman–Crippen LogP) is 1.35. The number of hydrogen-bond donors (Lipinski definition) is 2. The number of carbonyl (C=O) groups is 1. The summed E-state index contributed by atoms with van der Waals surface area (Å²) in [5.74, 6) is -1.10. The van der Waals surface area contributed by atoms with Crippen LogP contribution >= 0.6 is 0 Å². The average molecular weight is 296 g/mol. The van der Waals surface area contributed by atoms with Crippen LogP contribution < -0.4 is 11.1 Å². The van der Waals surface area contributed by atoms with Crippen molar-refractivity contribution in [3.05, 3.63) is 0 Å². The van der Waals surface area contributed by atoms with E-state index in [1.165, 1.54) is 0 Å². The van der Waals surface area contributed by atoms with Crippen LogP contribution in [0.25, 0.3) is 0 Å². The Hall–Kier alpha value is -1.03. The van der Waals surface area contributed by atoms with E-state index in [1.54, 1.807) is 13.8 Å². The number of amides is 1. The number of alkyl halides is 6. The van der Waals surface area contributed by atoms with Crippen LogP contribution in [-0.4, -0.2) is 43.1 Å². The van der Waals surface area contributed by atoms with Gasteiger partial charge in [0.1, 0.15) is 6.04 Å². The summed E-state index contributed by atoms with van der Waals surface area (Å²) in [7, 11) is 0. The highest BCUT2D eigenvalue weighted by atomic mass is 19.4. The molecule has 19 heavy (non-hydrogen) atoms. The standard InChI is InChI=1S/C9H14F6N2O2/c1-4(2)17-5(6(16)18)3-19-7(8(10,11)12)9(13,14)15/h4-5,7,17H,3H2,1-2H3,(H2,16,18). The molecule has 4 nitrogen and oxygen atoms in total. The Labute approximate surface area is 105 Å². The number of nitrogens with one attached hydrogen (secondary N) is 1. The van der Waals surface area contributed by atoms with Gasteiger partial charge in [-0.05, 0) is 0 Å². The number of halogens is 6. The van der Waals surface area contributed by atoms with Crippen molar-refractivity contribution < 1.29 is 35.9 Å². The van der Waals surface area contributed by atoms with Crippen LogP contribution in [0.2, 0.25) is 0 Å². The number of nitrogens with two attached hydrogens (primary N) is 1. The fraction of sp³-hybridized carbons (Fsp3) is 0.889. The highest BCUT2D eigenvalue weighted by Crippen LogP contribution is 2.35. The molecule has 0 bridgehead atoms. The molecule has 0 aromatic rings. The zero-order valence-electron chi connectivity index (χ0n) is 10.1. The maximum Gasteiger partial charge on any atom is 0.423 e. The van der Waals surface area contributed by atoms with Crippen molar-refractivity contribution >= 4 is 5.91 Å². The van der Waals surface area contributed by atoms with Crippen LogP contribution in [0.15, 0.2) is 0 Å². The third-order valence-electron chi connectivity index (χ3n) is 1.90. The van der Waals surface area contributed by atoms with E-state index in [2.05, 4.69) is 10.1 Å². The first-order chi connectivity index (χ1) is 8.35. The second-order valence-corrected chi connectivity index (χ2v) is 4.07. The summed E-state index contributed by atoms with van der Waals surface area (Å²) in [5.41, 5.74) is 4.85. The molecule has 0 saturated carbocycles. The van der Waals surface area contributed by atoms with Gasteiger partial charge in [-0.1, -0.05) is 13.8 Å². The summed E-state index contributed by atoms with van der Waals surface area (Å²) in [6, 6.07) is -1.80. The zero-order valence-corrected chi connectivity index (χ0v) is 10.1. The van der Waals surface area contributed by atoms with Crippen LogP contribution in [-0.2, 0) is 9.53 Å². The summed E-state index contributed by atoms with van der Waals surface area (Å²) in [6.07, 6.45) is -15.2. The van der Waals surface area contributed by atoms with Crippen molar-refractivity contribution in [1.29, 1.82) is 0 Å². The zero-order chi connectivity index (χ0) is 15.4. The Morgan fingerprint density at radius 3 is 1.84 bits per heavy atom. The first-order valence-electron chi connectivity index (χ1n) is 5.16. The monoisotopic (exact) mass is 296 g/mol. The predicted molar refractivity (Wildman–Crippen MR) is 53.1 cm³/mol. The Balaban J connectivity index is 4.74. The first-order valence-corrected chi connectivity index (χ1v) is 5.16. The van der Waals surface area contributed by atoms with Crippen molar-refractivity contribution in [2.75, 3.05) is 6.61 Å². The molecule has 0 radical (unpaired) electrons. The van der Waals surface area contributed by atoms with E-state index in [9.17, 15) is 31.1 Å². The molecule has 114 valence electrons. The van der Waals surface area contributed by atoms with Crippen LogP contribution in [0.4, 0.5) is 26.3 Å². The molecule has 0 aliphatic heterocycles.